The van der Waals surface area contributed by atoms with Crippen LogP contribution in [-0.4, -0.2) is 49.7 Å². The summed E-state index contributed by atoms with van der Waals surface area (Å²) in [5, 5.41) is 3.11. The van der Waals surface area contributed by atoms with Crippen LogP contribution in [-0.2, 0) is 19.8 Å². The third-order valence-electron chi connectivity index (χ3n) is 7.38. The first kappa shape index (κ1) is 28.2. The van der Waals surface area contributed by atoms with E-state index in [-0.39, 0.29) is 29.6 Å². The maximum Gasteiger partial charge on any atom is 0.280 e. The summed E-state index contributed by atoms with van der Waals surface area (Å²) < 4.78 is 43.7. The second-order valence-electron chi connectivity index (χ2n) is 10.6. The molecule has 2 aromatic rings. The van der Waals surface area contributed by atoms with Crippen molar-refractivity contribution in [3.8, 4) is 0 Å². The minimum Gasteiger partial charge on any atom is -0.351 e. The van der Waals surface area contributed by atoms with Gasteiger partial charge in [0.25, 0.3) is 10.2 Å². The molecule has 3 atom stereocenters. The molecule has 1 aliphatic carbocycles. The Morgan fingerprint density at radius 2 is 1.79 bits per heavy atom. The number of hydrogen-bond acceptors (Lipinski definition) is 4. The topological polar surface area (TPSA) is 98.6 Å². The Morgan fingerprint density at radius 1 is 1.08 bits per heavy atom. The predicted molar refractivity (Wildman–Crippen MR) is 145 cm³/mol. The quantitative estimate of drug-likeness (QED) is 0.444. The van der Waals surface area contributed by atoms with Crippen LogP contribution >= 0.6 is 0 Å². The molecule has 1 saturated carbocycles. The maximum atomic E-state index is 14.4. The van der Waals surface area contributed by atoms with Gasteiger partial charge in [-0.15, -0.1) is 0 Å². The molecule has 4 rings (SSSR count). The molecule has 2 aromatic carbocycles. The van der Waals surface area contributed by atoms with Crippen molar-refractivity contribution in [1.82, 2.24) is 14.3 Å². The van der Waals surface area contributed by atoms with E-state index >= 15 is 0 Å². The fraction of sp³-hybridized carbons (Fsp3) is 0.500. The van der Waals surface area contributed by atoms with Gasteiger partial charge in [0.2, 0.25) is 11.8 Å². The molecule has 0 radical (unpaired) electrons. The van der Waals surface area contributed by atoms with Crippen LogP contribution in [0, 0.1) is 18.7 Å². The number of nitrogens with one attached hydrogen (secondary N) is 2. The molecule has 2 amide bonds. The summed E-state index contributed by atoms with van der Waals surface area (Å²) >= 11 is 0. The summed E-state index contributed by atoms with van der Waals surface area (Å²) in [6, 6.07) is 11.5. The summed E-state index contributed by atoms with van der Waals surface area (Å²) in [4.78, 5) is 28.8. The molecule has 2 aliphatic rings. The summed E-state index contributed by atoms with van der Waals surface area (Å²) in [6.07, 6.45) is 4.86. The number of rotatable bonds is 10. The highest BCUT2D eigenvalue weighted by molar-refractivity contribution is 7.87. The highest BCUT2D eigenvalue weighted by atomic mass is 32.2. The Balaban J connectivity index is 1.67. The van der Waals surface area contributed by atoms with Gasteiger partial charge >= 0.3 is 0 Å². The van der Waals surface area contributed by atoms with E-state index in [4.69, 9.17) is 0 Å². The molecule has 206 valence electrons. The van der Waals surface area contributed by atoms with Crippen LogP contribution < -0.4 is 14.9 Å². The van der Waals surface area contributed by atoms with Crippen molar-refractivity contribution in [3.05, 3.63) is 65.5 Å². The predicted octanol–water partition coefficient (Wildman–Crippen LogP) is 3.83. The summed E-state index contributed by atoms with van der Waals surface area (Å²) in [6.45, 7) is 5.55. The zero-order valence-corrected chi connectivity index (χ0v) is 23.0. The molecule has 8 nitrogen and oxygen atoms in total. The molecule has 0 aromatic heterocycles. The highest BCUT2D eigenvalue weighted by Gasteiger charge is 2.46. The molecule has 10 heteroatoms. The standard InChI is InChI=1S/C28H37FN4O4S/c1-19(2)25-18-32(25)38(36,37)30-17-26(34)33(23-14-9-11-21(29)16-23)27(24-15-8-7-10-20(24)3)28(35)31-22-12-5-4-6-13-22/h7-11,14-16,19,22,25,27,30H,4-6,12-13,17-18H2,1-3H3,(H,31,35)/t25-,27+,32?/m0/s1. The lowest BCUT2D eigenvalue weighted by Crippen LogP contribution is -2.50. The van der Waals surface area contributed by atoms with Crippen molar-refractivity contribution >= 4 is 27.7 Å². The molecule has 1 saturated heterocycles. The molecular formula is C28H37FN4O4S. The van der Waals surface area contributed by atoms with Gasteiger partial charge < -0.3 is 5.32 Å². The summed E-state index contributed by atoms with van der Waals surface area (Å²) in [7, 11) is -3.88. The Hall–Kier alpha value is -2.82. The van der Waals surface area contributed by atoms with E-state index in [0.29, 0.717) is 12.1 Å². The van der Waals surface area contributed by atoms with Gasteiger partial charge in [0, 0.05) is 24.3 Å². The Kier molecular flexibility index (Phi) is 8.85. The molecule has 38 heavy (non-hydrogen) atoms. The number of carbonyl (C=O) groups excluding carboxylic acids is 2. The largest absolute Gasteiger partial charge is 0.351 e. The lowest BCUT2D eigenvalue weighted by Gasteiger charge is -2.34. The van der Waals surface area contributed by atoms with E-state index in [0.717, 1.165) is 37.7 Å². The highest BCUT2D eigenvalue weighted by Crippen LogP contribution is 2.32. The molecule has 2 fully saturated rings. The Bertz CT molecular complexity index is 1260. The van der Waals surface area contributed by atoms with Gasteiger partial charge in [0.05, 0.1) is 6.54 Å². The van der Waals surface area contributed by atoms with Crippen LogP contribution in [0.1, 0.15) is 63.1 Å². The number of nitrogens with zero attached hydrogens (tertiary/aromatic N) is 2. The Labute approximate surface area is 224 Å². The lowest BCUT2D eigenvalue weighted by molar-refractivity contribution is -0.127. The van der Waals surface area contributed by atoms with Crippen molar-refractivity contribution in [2.75, 3.05) is 18.0 Å². The molecule has 1 heterocycles. The minimum absolute atomic E-state index is 0.0126. The van der Waals surface area contributed by atoms with Crippen LogP contribution in [0.3, 0.4) is 0 Å². The zero-order chi connectivity index (χ0) is 27.4. The van der Waals surface area contributed by atoms with Gasteiger partial charge in [-0.3, -0.25) is 14.5 Å². The third kappa shape index (κ3) is 6.59. The van der Waals surface area contributed by atoms with Gasteiger partial charge in [-0.1, -0.05) is 63.4 Å². The SMILES string of the molecule is Cc1ccccc1[C@H](C(=O)NC1CCCCC1)N(C(=O)CNS(=O)(=O)N1C[C@H]1C(C)C)c1cccc(F)c1. The summed E-state index contributed by atoms with van der Waals surface area (Å²) in [5.74, 6) is -1.45. The van der Waals surface area contributed by atoms with Crippen molar-refractivity contribution in [2.45, 2.75) is 71.0 Å². The van der Waals surface area contributed by atoms with Gasteiger partial charge in [-0.25, -0.2) is 4.39 Å². The van der Waals surface area contributed by atoms with Crippen molar-refractivity contribution in [1.29, 1.82) is 0 Å². The average molecular weight is 545 g/mol. The van der Waals surface area contributed by atoms with Crippen LogP contribution in [0.25, 0.3) is 0 Å². The zero-order valence-electron chi connectivity index (χ0n) is 22.2. The molecule has 1 unspecified atom stereocenters. The molecular weight excluding hydrogens is 507 g/mol. The first-order chi connectivity index (χ1) is 18.1. The van der Waals surface area contributed by atoms with Crippen LogP contribution in [0.5, 0.6) is 0 Å². The molecule has 2 N–H and O–H groups in total. The molecule has 0 bridgehead atoms. The first-order valence-electron chi connectivity index (χ1n) is 13.3. The number of hydrogen-bond donors (Lipinski definition) is 2. The number of benzene rings is 2. The second-order valence-corrected chi connectivity index (χ2v) is 12.3. The van der Waals surface area contributed by atoms with Crippen LogP contribution in [0.15, 0.2) is 48.5 Å². The van der Waals surface area contributed by atoms with E-state index in [1.807, 2.05) is 32.9 Å². The molecule has 0 spiro atoms. The normalized spacial score (nSPS) is 20.7. The van der Waals surface area contributed by atoms with Gasteiger partial charge in [0.1, 0.15) is 11.9 Å². The van der Waals surface area contributed by atoms with Gasteiger partial charge in [-0.2, -0.15) is 17.4 Å². The van der Waals surface area contributed by atoms with Crippen LogP contribution in [0.4, 0.5) is 10.1 Å². The average Bonchev–Trinajstić information content (AvgIpc) is 3.70. The number of aryl methyl sites for hydroxylation is 1. The maximum absolute atomic E-state index is 14.4. The fourth-order valence-electron chi connectivity index (χ4n) is 5.16. The first-order valence-corrected chi connectivity index (χ1v) is 14.7. The second kappa shape index (κ2) is 11.9. The third-order valence-corrected chi connectivity index (χ3v) is 8.93. The van der Waals surface area contributed by atoms with E-state index in [1.165, 1.54) is 27.4 Å². The number of carbonyl (C=O) groups is 2. The van der Waals surface area contributed by atoms with Crippen molar-refractivity contribution in [2.24, 2.45) is 5.92 Å². The number of halogens is 1. The van der Waals surface area contributed by atoms with Gasteiger partial charge in [-0.05, 0) is 55.0 Å². The van der Waals surface area contributed by atoms with E-state index in [9.17, 15) is 22.4 Å². The lowest BCUT2D eigenvalue weighted by atomic mass is 9.93. The van der Waals surface area contributed by atoms with Crippen molar-refractivity contribution < 1.29 is 22.4 Å². The smallest absolute Gasteiger partial charge is 0.280 e. The minimum atomic E-state index is -3.88. The number of amides is 2. The monoisotopic (exact) mass is 544 g/mol. The van der Waals surface area contributed by atoms with E-state index < -0.39 is 34.5 Å². The summed E-state index contributed by atoms with van der Waals surface area (Å²) in [5.41, 5.74) is 1.55. The fourth-order valence-corrected chi connectivity index (χ4v) is 6.58. The van der Waals surface area contributed by atoms with E-state index in [2.05, 4.69) is 10.0 Å². The van der Waals surface area contributed by atoms with Crippen LogP contribution in [0.2, 0.25) is 0 Å². The Morgan fingerprint density at radius 3 is 2.42 bits per heavy atom. The van der Waals surface area contributed by atoms with E-state index in [1.54, 1.807) is 18.2 Å². The molecule has 1 aliphatic heterocycles. The van der Waals surface area contributed by atoms with Gasteiger partial charge in [0.15, 0.2) is 0 Å². The van der Waals surface area contributed by atoms with Crippen molar-refractivity contribution in [3.63, 3.8) is 0 Å². The number of anilines is 1.